The van der Waals surface area contributed by atoms with Crippen molar-refractivity contribution in [3.05, 3.63) is 63.4 Å². The van der Waals surface area contributed by atoms with Gasteiger partial charge in [0.2, 0.25) is 5.89 Å². The lowest BCUT2D eigenvalue weighted by atomic mass is 10.2. The van der Waals surface area contributed by atoms with Gasteiger partial charge < -0.3 is 9.15 Å². The molecule has 3 rings (SSSR count). The second-order valence-electron chi connectivity index (χ2n) is 5.36. The zero-order valence-electron chi connectivity index (χ0n) is 13.9. The highest BCUT2D eigenvalue weighted by molar-refractivity contribution is 6.30. The topological polar surface area (TPSA) is 100 Å². The van der Waals surface area contributed by atoms with Crippen molar-refractivity contribution in [2.75, 3.05) is 0 Å². The quantitative estimate of drug-likeness (QED) is 0.611. The number of carbonyl (C=O) groups excluding carboxylic acids is 1. The molecule has 0 saturated heterocycles. The zero-order chi connectivity index (χ0) is 18.5. The van der Waals surface area contributed by atoms with E-state index in [-0.39, 0.29) is 23.8 Å². The second kappa shape index (κ2) is 7.92. The van der Waals surface area contributed by atoms with Crippen LogP contribution in [0.5, 0.6) is 0 Å². The maximum Gasteiger partial charge on any atom is 0.359 e. The van der Waals surface area contributed by atoms with E-state index in [1.54, 1.807) is 24.3 Å². The largest absolute Gasteiger partial charge is 0.451 e. The normalized spacial score (nSPS) is 10.7. The van der Waals surface area contributed by atoms with Crippen LogP contribution in [0.15, 0.2) is 45.6 Å². The number of rotatable bonds is 6. The summed E-state index contributed by atoms with van der Waals surface area (Å²) in [5.74, 6) is -0.242. The molecule has 8 nitrogen and oxygen atoms in total. The highest BCUT2D eigenvalue weighted by atomic mass is 35.5. The van der Waals surface area contributed by atoms with Crippen molar-refractivity contribution in [1.82, 2.24) is 20.0 Å². The molecular formula is C17H15ClN4O4. The standard InChI is InChI=1S/C17H15ClN4O4/c1-2-9-22-15(23)8-7-13(21-22)17(24)25-10-14-19-20-16(26-14)11-3-5-12(18)6-4-11/h3-8H,2,9-10H2,1H3. The SMILES string of the molecule is CCCn1nc(C(=O)OCc2nnc(-c3ccc(Cl)cc3)o2)ccc1=O. The monoisotopic (exact) mass is 374 g/mol. The number of carbonyl (C=O) groups is 1. The Bertz CT molecular complexity index is 965. The van der Waals surface area contributed by atoms with Crippen LogP contribution in [0.25, 0.3) is 11.5 Å². The fourth-order valence-corrected chi connectivity index (χ4v) is 2.28. The smallest absolute Gasteiger partial charge is 0.359 e. The number of hydrogen-bond donors (Lipinski definition) is 0. The Morgan fingerprint density at radius 2 is 1.96 bits per heavy atom. The van der Waals surface area contributed by atoms with Gasteiger partial charge in [0.15, 0.2) is 12.3 Å². The molecule has 0 amide bonds. The number of hydrogen-bond acceptors (Lipinski definition) is 7. The highest BCUT2D eigenvalue weighted by Gasteiger charge is 2.14. The van der Waals surface area contributed by atoms with Gasteiger partial charge in [0.25, 0.3) is 11.4 Å². The molecule has 3 aromatic rings. The van der Waals surface area contributed by atoms with Crippen LogP contribution in [-0.4, -0.2) is 25.9 Å². The Kier molecular flexibility index (Phi) is 5.43. The van der Waals surface area contributed by atoms with Gasteiger partial charge in [0.05, 0.1) is 0 Å². The lowest BCUT2D eigenvalue weighted by molar-refractivity contribution is 0.0428. The Balaban J connectivity index is 1.66. The van der Waals surface area contributed by atoms with Gasteiger partial charge in [-0.25, -0.2) is 9.48 Å². The molecule has 2 aromatic heterocycles. The summed E-state index contributed by atoms with van der Waals surface area (Å²) in [6.45, 7) is 2.13. The molecule has 0 aliphatic heterocycles. The van der Waals surface area contributed by atoms with Gasteiger partial charge in [-0.05, 0) is 36.8 Å². The minimum absolute atomic E-state index is 0.0375. The summed E-state index contributed by atoms with van der Waals surface area (Å²) in [7, 11) is 0. The zero-order valence-corrected chi connectivity index (χ0v) is 14.6. The van der Waals surface area contributed by atoms with Gasteiger partial charge in [0, 0.05) is 23.2 Å². The number of esters is 1. The number of aryl methyl sites for hydroxylation is 1. The Labute approximate surface area is 153 Å². The van der Waals surface area contributed by atoms with Crippen LogP contribution >= 0.6 is 11.6 Å². The average Bonchev–Trinajstić information content (AvgIpc) is 3.11. The van der Waals surface area contributed by atoms with E-state index in [1.165, 1.54) is 16.8 Å². The molecule has 1 aromatic carbocycles. The second-order valence-corrected chi connectivity index (χ2v) is 5.80. The van der Waals surface area contributed by atoms with Crippen LogP contribution in [0.1, 0.15) is 29.7 Å². The van der Waals surface area contributed by atoms with E-state index in [9.17, 15) is 9.59 Å². The predicted octanol–water partition coefficient (Wildman–Crippen LogP) is 2.71. The fraction of sp³-hybridized carbons (Fsp3) is 0.235. The third-order valence-electron chi connectivity index (χ3n) is 3.40. The van der Waals surface area contributed by atoms with E-state index >= 15 is 0 Å². The van der Waals surface area contributed by atoms with Gasteiger partial charge in [-0.1, -0.05) is 18.5 Å². The van der Waals surface area contributed by atoms with Crippen LogP contribution in [0.3, 0.4) is 0 Å². The molecule has 0 atom stereocenters. The van der Waals surface area contributed by atoms with Crippen LogP contribution in [-0.2, 0) is 17.9 Å². The molecule has 9 heteroatoms. The molecule has 0 spiro atoms. The minimum Gasteiger partial charge on any atom is -0.451 e. The van der Waals surface area contributed by atoms with Gasteiger partial charge in [-0.15, -0.1) is 10.2 Å². The first kappa shape index (κ1) is 17.8. The maximum absolute atomic E-state index is 12.1. The van der Waals surface area contributed by atoms with Crippen molar-refractivity contribution >= 4 is 17.6 Å². The molecular weight excluding hydrogens is 360 g/mol. The molecule has 26 heavy (non-hydrogen) atoms. The summed E-state index contributed by atoms with van der Waals surface area (Å²) in [6, 6.07) is 9.50. The van der Waals surface area contributed by atoms with E-state index in [0.717, 1.165) is 6.42 Å². The maximum atomic E-state index is 12.1. The number of aromatic nitrogens is 4. The van der Waals surface area contributed by atoms with Crippen LogP contribution in [0.2, 0.25) is 5.02 Å². The van der Waals surface area contributed by atoms with Crippen LogP contribution < -0.4 is 5.56 Å². The fourth-order valence-electron chi connectivity index (χ4n) is 2.15. The number of nitrogens with zero attached hydrogens (tertiary/aromatic N) is 4. The van der Waals surface area contributed by atoms with Gasteiger partial charge in [-0.2, -0.15) is 5.10 Å². The van der Waals surface area contributed by atoms with Crippen molar-refractivity contribution in [1.29, 1.82) is 0 Å². The molecule has 0 bridgehead atoms. The summed E-state index contributed by atoms with van der Waals surface area (Å²) >= 11 is 5.84. The molecule has 2 heterocycles. The average molecular weight is 375 g/mol. The van der Waals surface area contributed by atoms with Crippen LogP contribution in [0, 0.1) is 0 Å². The lowest BCUT2D eigenvalue weighted by Crippen LogP contribution is -2.24. The van der Waals surface area contributed by atoms with Crippen molar-refractivity contribution in [2.24, 2.45) is 0 Å². The molecule has 0 radical (unpaired) electrons. The van der Waals surface area contributed by atoms with E-state index in [1.807, 2.05) is 6.92 Å². The van der Waals surface area contributed by atoms with Gasteiger partial charge in [0.1, 0.15) is 0 Å². The van der Waals surface area contributed by atoms with E-state index in [0.29, 0.717) is 23.0 Å². The summed E-state index contributed by atoms with van der Waals surface area (Å²) in [5.41, 5.74) is 0.469. The van der Waals surface area contributed by atoms with Crippen LogP contribution in [0.4, 0.5) is 0 Å². The van der Waals surface area contributed by atoms with Gasteiger partial charge in [-0.3, -0.25) is 4.79 Å². The summed E-state index contributed by atoms with van der Waals surface area (Å²) in [4.78, 5) is 23.7. The lowest BCUT2D eigenvalue weighted by Gasteiger charge is -2.05. The molecule has 0 saturated carbocycles. The first-order valence-electron chi connectivity index (χ1n) is 7.90. The summed E-state index contributed by atoms with van der Waals surface area (Å²) in [5, 5.41) is 12.3. The first-order chi connectivity index (χ1) is 12.6. The molecule has 0 fully saturated rings. The van der Waals surface area contributed by atoms with Crippen molar-refractivity contribution < 1.29 is 13.9 Å². The van der Waals surface area contributed by atoms with Gasteiger partial charge >= 0.3 is 5.97 Å². The van der Waals surface area contributed by atoms with E-state index in [2.05, 4.69) is 15.3 Å². The predicted molar refractivity (Wildman–Crippen MR) is 92.7 cm³/mol. The third-order valence-corrected chi connectivity index (χ3v) is 3.65. The third kappa shape index (κ3) is 4.15. The molecule has 0 N–H and O–H groups in total. The first-order valence-corrected chi connectivity index (χ1v) is 8.28. The van der Waals surface area contributed by atoms with Crippen molar-refractivity contribution in [3.8, 4) is 11.5 Å². The molecule has 134 valence electrons. The Morgan fingerprint density at radius 1 is 1.19 bits per heavy atom. The van der Waals surface area contributed by atoms with E-state index in [4.69, 9.17) is 20.8 Å². The Morgan fingerprint density at radius 3 is 2.69 bits per heavy atom. The van der Waals surface area contributed by atoms with Crippen molar-refractivity contribution in [3.63, 3.8) is 0 Å². The molecule has 0 unspecified atom stereocenters. The summed E-state index contributed by atoms with van der Waals surface area (Å²) < 4.78 is 11.8. The minimum atomic E-state index is -0.680. The summed E-state index contributed by atoms with van der Waals surface area (Å²) in [6.07, 6.45) is 0.723. The van der Waals surface area contributed by atoms with E-state index < -0.39 is 5.97 Å². The number of benzene rings is 1. The highest BCUT2D eigenvalue weighted by Crippen LogP contribution is 2.20. The number of halogens is 1. The molecule has 0 aliphatic rings. The molecule has 0 aliphatic carbocycles. The van der Waals surface area contributed by atoms with Crippen molar-refractivity contribution in [2.45, 2.75) is 26.5 Å². The number of ether oxygens (including phenoxy) is 1. The Hall–Kier alpha value is -3.00.